The van der Waals surface area contributed by atoms with Crippen LogP contribution >= 0.6 is 0 Å². The fourth-order valence-corrected chi connectivity index (χ4v) is 2.26. The molecule has 21 heavy (non-hydrogen) atoms. The van der Waals surface area contributed by atoms with Crippen molar-refractivity contribution in [2.24, 2.45) is 0 Å². The predicted molar refractivity (Wildman–Crippen MR) is 74.8 cm³/mol. The Bertz CT molecular complexity index is 833. The Labute approximate surface area is 119 Å². The minimum Gasteiger partial charge on any atom is -0.496 e. The van der Waals surface area contributed by atoms with Crippen molar-refractivity contribution in [2.45, 2.75) is 6.92 Å². The van der Waals surface area contributed by atoms with Gasteiger partial charge in [-0.25, -0.2) is 9.67 Å². The number of H-pyrrole nitrogens is 1. The van der Waals surface area contributed by atoms with Crippen LogP contribution in [-0.4, -0.2) is 38.4 Å². The van der Waals surface area contributed by atoms with Crippen molar-refractivity contribution in [3.8, 4) is 11.4 Å². The van der Waals surface area contributed by atoms with Gasteiger partial charge in [-0.3, -0.25) is 9.59 Å². The highest BCUT2D eigenvalue weighted by Crippen LogP contribution is 2.33. The summed E-state index contributed by atoms with van der Waals surface area (Å²) in [7, 11) is 1.51. The fraction of sp³-hybridized carbons (Fsp3) is 0.143. The molecule has 1 N–H and O–H groups in total. The number of hydrogen-bond donors (Lipinski definition) is 1. The third-order valence-electron chi connectivity index (χ3n) is 3.23. The molecule has 7 heteroatoms. The molecule has 0 amide bonds. The van der Waals surface area contributed by atoms with Gasteiger partial charge in [-0.1, -0.05) is 0 Å². The van der Waals surface area contributed by atoms with Crippen molar-refractivity contribution in [1.29, 1.82) is 0 Å². The smallest absolute Gasteiger partial charge is 0.230 e. The number of fused-ring (bicyclic) bond motifs is 1. The fourth-order valence-electron chi connectivity index (χ4n) is 2.26. The lowest BCUT2D eigenvalue weighted by Crippen LogP contribution is -2.09. The van der Waals surface area contributed by atoms with E-state index in [1.807, 2.05) is 0 Å². The molecular formula is C14H12N4O3. The predicted octanol–water partition coefficient (Wildman–Crippen LogP) is 1.53. The van der Waals surface area contributed by atoms with Gasteiger partial charge in [0.2, 0.25) is 5.78 Å². The van der Waals surface area contributed by atoms with Crippen LogP contribution in [0.1, 0.15) is 17.3 Å². The molecule has 0 saturated heterocycles. The Morgan fingerprint density at radius 3 is 2.76 bits per heavy atom. The first-order chi connectivity index (χ1) is 10.1. The summed E-state index contributed by atoms with van der Waals surface area (Å²) in [5.41, 5.74) is 1.66. The van der Waals surface area contributed by atoms with Crippen LogP contribution in [-0.2, 0) is 4.79 Å². The Morgan fingerprint density at radius 2 is 2.14 bits per heavy atom. The number of nitrogens with one attached hydrogen (secondary N) is 1. The molecule has 2 aromatic heterocycles. The standard InChI is InChI=1S/C14H12N4O3/c1-8(19)14(20)9-5-16-13-10(18-7-15-6-17-18)3-4-11(21-2)12(9)13/h3-7,16H,1-2H3. The zero-order valence-corrected chi connectivity index (χ0v) is 11.5. The summed E-state index contributed by atoms with van der Waals surface area (Å²) in [6, 6.07) is 3.53. The molecule has 0 aliphatic heterocycles. The molecule has 0 aliphatic carbocycles. The van der Waals surface area contributed by atoms with Crippen LogP contribution in [0.3, 0.4) is 0 Å². The maximum absolute atomic E-state index is 12.0. The SMILES string of the molecule is COc1ccc(-n2cncn2)c2[nH]cc(C(=O)C(C)=O)c12. The minimum atomic E-state index is -0.560. The molecule has 0 unspecified atom stereocenters. The van der Waals surface area contributed by atoms with E-state index in [0.29, 0.717) is 22.3 Å². The van der Waals surface area contributed by atoms with Crippen LogP contribution in [0.15, 0.2) is 31.0 Å². The van der Waals surface area contributed by atoms with Gasteiger partial charge in [-0.15, -0.1) is 0 Å². The number of aromatic nitrogens is 4. The Hall–Kier alpha value is -2.96. The first-order valence-corrected chi connectivity index (χ1v) is 6.22. The first kappa shape index (κ1) is 13.0. The normalized spacial score (nSPS) is 10.8. The zero-order chi connectivity index (χ0) is 15.0. The molecule has 7 nitrogen and oxygen atoms in total. The molecule has 0 atom stereocenters. The van der Waals surface area contributed by atoms with Gasteiger partial charge in [0.25, 0.3) is 0 Å². The van der Waals surface area contributed by atoms with Crippen LogP contribution < -0.4 is 4.74 Å². The highest BCUT2D eigenvalue weighted by atomic mass is 16.5. The van der Waals surface area contributed by atoms with E-state index in [1.54, 1.807) is 23.1 Å². The van der Waals surface area contributed by atoms with Gasteiger partial charge in [0.15, 0.2) is 5.78 Å². The van der Waals surface area contributed by atoms with E-state index >= 15 is 0 Å². The van der Waals surface area contributed by atoms with E-state index in [4.69, 9.17) is 4.74 Å². The van der Waals surface area contributed by atoms with Crippen molar-refractivity contribution in [3.63, 3.8) is 0 Å². The first-order valence-electron chi connectivity index (χ1n) is 6.22. The number of rotatable bonds is 4. The highest BCUT2D eigenvalue weighted by Gasteiger charge is 2.21. The Morgan fingerprint density at radius 1 is 1.33 bits per heavy atom. The molecule has 0 radical (unpaired) electrons. The van der Waals surface area contributed by atoms with Crippen molar-refractivity contribution in [1.82, 2.24) is 19.7 Å². The molecule has 106 valence electrons. The summed E-state index contributed by atoms with van der Waals surface area (Å²) in [4.78, 5) is 30.3. The number of ketones is 2. The quantitative estimate of drug-likeness (QED) is 0.579. The van der Waals surface area contributed by atoms with Gasteiger partial charge in [0, 0.05) is 13.1 Å². The second-order valence-corrected chi connectivity index (χ2v) is 4.46. The van der Waals surface area contributed by atoms with E-state index in [9.17, 15) is 9.59 Å². The van der Waals surface area contributed by atoms with Gasteiger partial charge in [-0.2, -0.15) is 5.10 Å². The van der Waals surface area contributed by atoms with E-state index in [1.165, 1.54) is 26.6 Å². The number of benzene rings is 1. The summed E-state index contributed by atoms with van der Waals surface area (Å²) in [5.74, 6) is -0.570. The Kier molecular flexibility index (Phi) is 3.02. The number of aromatic amines is 1. The topological polar surface area (TPSA) is 89.9 Å². The molecule has 3 rings (SSSR count). The summed E-state index contributed by atoms with van der Waals surface area (Å²) in [6.07, 6.45) is 4.48. The van der Waals surface area contributed by atoms with Gasteiger partial charge in [0.1, 0.15) is 18.4 Å². The zero-order valence-electron chi connectivity index (χ0n) is 11.5. The number of carbonyl (C=O) groups is 2. The largest absolute Gasteiger partial charge is 0.496 e. The summed E-state index contributed by atoms with van der Waals surface area (Å²) in [6.45, 7) is 1.24. The van der Waals surface area contributed by atoms with Crippen molar-refractivity contribution >= 4 is 22.5 Å². The molecule has 0 saturated carbocycles. The van der Waals surface area contributed by atoms with Crippen LogP contribution in [0.25, 0.3) is 16.6 Å². The molecule has 0 aliphatic rings. The number of ether oxygens (including phenoxy) is 1. The average Bonchev–Trinajstić information content (AvgIpc) is 3.14. The molecule has 0 fully saturated rings. The third-order valence-corrected chi connectivity index (χ3v) is 3.23. The number of hydrogen-bond acceptors (Lipinski definition) is 5. The van der Waals surface area contributed by atoms with Crippen molar-refractivity contribution in [3.05, 3.63) is 36.5 Å². The number of carbonyl (C=O) groups excluding carboxylic acids is 2. The minimum absolute atomic E-state index is 0.288. The third kappa shape index (κ3) is 1.99. The lowest BCUT2D eigenvalue weighted by atomic mass is 10.1. The molecule has 2 heterocycles. The second-order valence-electron chi connectivity index (χ2n) is 4.46. The van der Waals surface area contributed by atoms with Crippen LogP contribution in [0, 0.1) is 0 Å². The Balaban J connectivity index is 2.32. The molecule has 0 spiro atoms. The maximum atomic E-state index is 12.0. The summed E-state index contributed by atoms with van der Waals surface area (Å²) in [5, 5.41) is 4.64. The maximum Gasteiger partial charge on any atom is 0.230 e. The summed E-state index contributed by atoms with van der Waals surface area (Å²) >= 11 is 0. The summed E-state index contributed by atoms with van der Waals surface area (Å²) < 4.78 is 6.87. The number of Topliss-reactive ketones (excluding diaryl/α,β-unsaturated/α-hetero) is 2. The average molecular weight is 284 g/mol. The van der Waals surface area contributed by atoms with E-state index in [2.05, 4.69) is 15.1 Å². The van der Waals surface area contributed by atoms with Crippen molar-refractivity contribution in [2.75, 3.05) is 7.11 Å². The van der Waals surface area contributed by atoms with Crippen molar-refractivity contribution < 1.29 is 14.3 Å². The van der Waals surface area contributed by atoms with Gasteiger partial charge >= 0.3 is 0 Å². The van der Waals surface area contributed by atoms with Gasteiger partial charge in [-0.05, 0) is 12.1 Å². The van der Waals surface area contributed by atoms with Gasteiger partial charge in [0.05, 0.1) is 29.3 Å². The van der Waals surface area contributed by atoms with Crippen LogP contribution in [0.2, 0.25) is 0 Å². The lowest BCUT2D eigenvalue weighted by molar-refractivity contribution is -0.113. The lowest BCUT2D eigenvalue weighted by Gasteiger charge is -2.07. The van der Waals surface area contributed by atoms with Crippen LogP contribution in [0.5, 0.6) is 5.75 Å². The molecular weight excluding hydrogens is 272 g/mol. The molecule has 3 aromatic rings. The van der Waals surface area contributed by atoms with E-state index in [0.717, 1.165) is 0 Å². The highest BCUT2D eigenvalue weighted by molar-refractivity contribution is 6.45. The van der Waals surface area contributed by atoms with Crippen LogP contribution in [0.4, 0.5) is 0 Å². The second kappa shape index (κ2) is 4.86. The monoisotopic (exact) mass is 284 g/mol. The molecule has 0 bridgehead atoms. The molecule has 1 aromatic carbocycles. The van der Waals surface area contributed by atoms with E-state index in [-0.39, 0.29) is 5.56 Å². The number of methoxy groups -OCH3 is 1. The van der Waals surface area contributed by atoms with Gasteiger partial charge < -0.3 is 9.72 Å². The number of nitrogens with zero attached hydrogens (tertiary/aromatic N) is 3. The van der Waals surface area contributed by atoms with E-state index < -0.39 is 11.6 Å².